The molecule has 1 aliphatic rings. The van der Waals surface area contributed by atoms with E-state index in [1.54, 1.807) is 0 Å². The lowest BCUT2D eigenvalue weighted by Gasteiger charge is -2.21. The molecule has 0 saturated heterocycles. The zero-order chi connectivity index (χ0) is 48.6. The number of allylic oxidation sites excluding steroid dienone is 3. The summed E-state index contributed by atoms with van der Waals surface area (Å²) >= 11 is 0. The summed E-state index contributed by atoms with van der Waals surface area (Å²) in [5.74, 6) is 1.03. The standard InChI is InChI=1S/C67H43N5O/c1-40-34-35-61(68-64(58-37-42-19-3-7-23-46(42)50-27-11-15-31-54(50)58)69-62(40)57-36-41-18-2-6-22-45(41)49-26-10-14-30-53(49)57)63(73)67-71-65(59-38-43-20-4-8-24-47(43)51-28-12-16-32-55(51)59)70-66(72-67)60-39-44-21-5-9-25-48(44)52-29-13-17-33-56(52)60/h2-33,35-39H,34H2,1H3,(H,68,69)/b61-35+,62-40?. The second-order valence-electron chi connectivity index (χ2n) is 18.9. The highest BCUT2D eigenvalue weighted by atomic mass is 16.1. The van der Waals surface area contributed by atoms with E-state index in [1.165, 1.54) is 5.39 Å². The lowest BCUT2D eigenvalue weighted by Crippen LogP contribution is -2.30. The van der Waals surface area contributed by atoms with Crippen LogP contribution in [-0.2, 0) is 0 Å². The van der Waals surface area contributed by atoms with Crippen molar-refractivity contribution in [1.29, 1.82) is 0 Å². The van der Waals surface area contributed by atoms with Gasteiger partial charge in [0, 0.05) is 22.3 Å². The van der Waals surface area contributed by atoms with Crippen LogP contribution in [0.15, 0.2) is 241 Å². The van der Waals surface area contributed by atoms with Gasteiger partial charge in [0.2, 0.25) is 11.6 Å². The third kappa shape index (κ3) is 7.06. The molecule has 73 heavy (non-hydrogen) atoms. The van der Waals surface area contributed by atoms with Crippen molar-refractivity contribution in [2.45, 2.75) is 13.3 Å². The molecule has 1 aromatic heterocycles. The first-order valence-electron chi connectivity index (χ1n) is 24.7. The van der Waals surface area contributed by atoms with Gasteiger partial charge in [-0.1, -0.05) is 200 Å². The Balaban J connectivity index is 1.01. The van der Waals surface area contributed by atoms with Crippen LogP contribution >= 0.6 is 0 Å². The number of carbonyl (C=O) groups excluding carboxylic acids is 1. The number of hydrogen-bond acceptors (Lipinski definition) is 6. The molecule has 13 aromatic rings. The molecule has 12 aromatic carbocycles. The lowest BCUT2D eigenvalue weighted by molar-refractivity contribution is 0.102. The summed E-state index contributed by atoms with van der Waals surface area (Å²) in [7, 11) is 0. The summed E-state index contributed by atoms with van der Waals surface area (Å²) in [4.78, 5) is 37.3. The number of ketones is 1. The molecule has 0 fully saturated rings. The van der Waals surface area contributed by atoms with Crippen LogP contribution in [-0.4, -0.2) is 26.6 Å². The molecule has 0 radical (unpaired) electrons. The summed E-state index contributed by atoms with van der Waals surface area (Å²) < 4.78 is 0. The topological polar surface area (TPSA) is 80.1 Å². The van der Waals surface area contributed by atoms with E-state index in [-0.39, 0.29) is 11.6 Å². The van der Waals surface area contributed by atoms with Crippen LogP contribution in [0.3, 0.4) is 0 Å². The van der Waals surface area contributed by atoms with Crippen molar-refractivity contribution in [3.63, 3.8) is 0 Å². The van der Waals surface area contributed by atoms with Gasteiger partial charge >= 0.3 is 0 Å². The van der Waals surface area contributed by atoms with Crippen LogP contribution in [0.25, 0.3) is 115 Å². The Kier molecular flexibility index (Phi) is 9.86. The monoisotopic (exact) mass is 933 g/mol. The van der Waals surface area contributed by atoms with Crippen molar-refractivity contribution in [3.05, 3.63) is 253 Å². The second kappa shape index (κ2) is 17.0. The number of aliphatic imine (C=N–C) groups is 1. The van der Waals surface area contributed by atoms with Gasteiger partial charge in [0.25, 0.3) is 0 Å². The van der Waals surface area contributed by atoms with E-state index in [9.17, 15) is 0 Å². The molecule has 1 aliphatic heterocycles. The number of fused-ring (bicyclic) bond motifs is 12. The molecule has 6 nitrogen and oxygen atoms in total. The van der Waals surface area contributed by atoms with Gasteiger partial charge in [0.15, 0.2) is 11.6 Å². The van der Waals surface area contributed by atoms with E-state index < -0.39 is 0 Å². The zero-order valence-electron chi connectivity index (χ0n) is 39.8. The van der Waals surface area contributed by atoms with Crippen molar-refractivity contribution in [3.8, 4) is 22.8 Å². The minimum absolute atomic E-state index is 0.0268. The molecule has 6 heteroatoms. The highest BCUT2D eigenvalue weighted by molar-refractivity contribution is 6.23. The molecule has 0 spiro atoms. The maximum atomic E-state index is 15.9. The van der Waals surface area contributed by atoms with E-state index in [0.717, 1.165) is 114 Å². The SMILES string of the molecule is CC1=C(c2cc3ccccc3c3ccccc23)N=C(c2cc3ccccc3c3ccccc23)N/C(C(=O)c2nc(-c3cc4ccccc4c4ccccc34)nc(-c3cc4ccccc4c4ccccc34)n2)=C/C1. The number of nitrogens with one attached hydrogen (secondary N) is 1. The Hall–Kier alpha value is -9.65. The van der Waals surface area contributed by atoms with Gasteiger partial charge in [-0.15, -0.1) is 0 Å². The van der Waals surface area contributed by atoms with Gasteiger partial charge in [0.1, 0.15) is 5.84 Å². The lowest BCUT2D eigenvalue weighted by atomic mass is 9.93. The van der Waals surface area contributed by atoms with E-state index in [1.807, 2.05) is 30.3 Å². The molecular weight excluding hydrogens is 891 g/mol. The molecule has 14 rings (SSSR count). The maximum Gasteiger partial charge on any atom is 0.246 e. The fourth-order valence-electron chi connectivity index (χ4n) is 11.2. The minimum Gasteiger partial charge on any atom is -0.337 e. The summed E-state index contributed by atoms with van der Waals surface area (Å²) in [5, 5.41) is 21.0. The van der Waals surface area contributed by atoms with Gasteiger partial charge in [-0.3, -0.25) is 4.79 Å². The molecule has 0 saturated carbocycles. The summed E-state index contributed by atoms with van der Waals surface area (Å²) in [6.07, 6.45) is 2.42. The quantitative estimate of drug-likeness (QED) is 0.133. The van der Waals surface area contributed by atoms with Gasteiger partial charge in [-0.05, 0) is 129 Å². The van der Waals surface area contributed by atoms with Crippen molar-refractivity contribution in [2.75, 3.05) is 0 Å². The van der Waals surface area contributed by atoms with Crippen molar-refractivity contribution >= 4 is 103 Å². The normalized spacial score (nSPS) is 13.9. The Labute approximate surface area is 420 Å². The minimum atomic E-state index is -0.370. The van der Waals surface area contributed by atoms with Crippen LogP contribution < -0.4 is 5.32 Å². The zero-order valence-corrected chi connectivity index (χ0v) is 39.8. The molecule has 0 bridgehead atoms. The van der Waals surface area contributed by atoms with Crippen LogP contribution in [0.2, 0.25) is 0 Å². The molecule has 0 unspecified atom stereocenters. The Bertz CT molecular complexity index is 4470. The molecular formula is C67H43N5O. The average molecular weight is 934 g/mol. The number of amidine groups is 1. The first kappa shape index (κ1) is 42.2. The summed E-state index contributed by atoms with van der Waals surface area (Å²) in [6, 6.07) is 76.1. The number of rotatable bonds is 6. The molecule has 342 valence electrons. The summed E-state index contributed by atoms with van der Waals surface area (Å²) in [6.45, 7) is 2.12. The van der Waals surface area contributed by atoms with Gasteiger partial charge in [-0.25, -0.2) is 19.9 Å². The van der Waals surface area contributed by atoms with Crippen LogP contribution in [0.5, 0.6) is 0 Å². The predicted molar refractivity (Wildman–Crippen MR) is 303 cm³/mol. The predicted octanol–water partition coefficient (Wildman–Crippen LogP) is 16.4. The Morgan fingerprint density at radius 3 is 1.14 bits per heavy atom. The molecule has 2 heterocycles. The number of carbonyl (C=O) groups is 1. The smallest absolute Gasteiger partial charge is 0.246 e. The first-order chi connectivity index (χ1) is 36.0. The van der Waals surface area contributed by atoms with E-state index in [2.05, 4.69) is 206 Å². The third-order valence-corrected chi connectivity index (χ3v) is 14.6. The Morgan fingerprint density at radius 1 is 0.384 bits per heavy atom. The van der Waals surface area contributed by atoms with E-state index >= 15 is 4.79 Å². The van der Waals surface area contributed by atoms with Gasteiger partial charge in [-0.2, -0.15) is 0 Å². The molecule has 0 aliphatic carbocycles. The number of aromatic nitrogens is 3. The third-order valence-electron chi connectivity index (χ3n) is 14.6. The van der Waals surface area contributed by atoms with Crippen molar-refractivity contribution in [2.24, 2.45) is 4.99 Å². The maximum absolute atomic E-state index is 15.9. The number of nitrogens with zero attached hydrogens (tertiary/aromatic N) is 4. The number of benzene rings is 12. The fourth-order valence-corrected chi connectivity index (χ4v) is 11.2. The molecule has 0 atom stereocenters. The highest BCUT2D eigenvalue weighted by Crippen LogP contribution is 2.40. The summed E-state index contributed by atoms with van der Waals surface area (Å²) in [5.41, 5.74) is 5.70. The van der Waals surface area contributed by atoms with Crippen LogP contribution in [0.4, 0.5) is 0 Å². The van der Waals surface area contributed by atoms with E-state index in [0.29, 0.717) is 29.6 Å². The van der Waals surface area contributed by atoms with Crippen LogP contribution in [0, 0.1) is 0 Å². The second-order valence-corrected chi connectivity index (χ2v) is 18.9. The largest absolute Gasteiger partial charge is 0.337 e. The first-order valence-corrected chi connectivity index (χ1v) is 24.7. The van der Waals surface area contributed by atoms with Crippen LogP contribution in [0.1, 0.15) is 35.1 Å². The van der Waals surface area contributed by atoms with Gasteiger partial charge in [0.05, 0.1) is 11.4 Å². The number of hydrogen-bond donors (Lipinski definition) is 1. The fraction of sp³-hybridized carbons (Fsp3) is 0.0299. The van der Waals surface area contributed by atoms with Crippen molar-refractivity contribution < 1.29 is 4.79 Å². The van der Waals surface area contributed by atoms with Crippen molar-refractivity contribution in [1.82, 2.24) is 20.3 Å². The number of Topliss-reactive ketones (excluding diaryl/α,β-unsaturated/α-hetero) is 1. The Morgan fingerprint density at radius 2 is 0.712 bits per heavy atom. The van der Waals surface area contributed by atoms with E-state index in [4.69, 9.17) is 19.9 Å². The highest BCUT2D eigenvalue weighted by Gasteiger charge is 2.26. The molecule has 1 N–H and O–H groups in total. The molecule has 0 amide bonds. The average Bonchev–Trinajstić information content (AvgIpc) is 3.46. The van der Waals surface area contributed by atoms with Gasteiger partial charge < -0.3 is 5.32 Å².